The molecule has 0 unspecified atom stereocenters. The molecule has 1 aliphatic heterocycles. The largest absolute Gasteiger partial charge is 0.445 e. The van der Waals surface area contributed by atoms with E-state index in [0.29, 0.717) is 19.0 Å². The Balaban J connectivity index is 1.66. The molecule has 0 bridgehead atoms. The molecule has 116 valence electrons. The number of amides is 1. The number of carbonyl (C=O) groups is 1. The molecule has 3 rings (SSSR count). The van der Waals surface area contributed by atoms with Crippen molar-refractivity contribution in [3.63, 3.8) is 0 Å². The number of hydrogen-bond acceptors (Lipinski definition) is 4. The van der Waals surface area contributed by atoms with Crippen molar-refractivity contribution < 1.29 is 9.21 Å². The predicted octanol–water partition coefficient (Wildman–Crippen LogP) is 2.03. The van der Waals surface area contributed by atoms with Crippen molar-refractivity contribution in [2.24, 2.45) is 11.7 Å². The van der Waals surface area contributed by atoms with Crippen LogP contribution in [0.4, 0.5) is 0 Å². The van der Waals surface area contributed by atoms with E-state index in [4.69, 9.17) is 10.2 Å². The Morgan fingerprint density at radius 2 is 2.24 bits per heavy atom. The second-order valence-electron chi connectivity index (χ2n) is 6.90. The lowest BCUT2D eigenvalue weighted by atomic mass is 9.76. The number of nitrogens with zero attached hydrogens (tertiary/aromatic N) is 2. The molecule has 1 saturated carbocycles. The van der Waals surface area contributed by atoms with Crippen molar-refractivity contribution in [3.8, 4) is 0 Å². The van der Waals surface area contributed by atoms with Gasteiger partial charge in [-0.25, -0.2) is 4.98 Å². The molecule has 0 saturated heterocycles. The van der Waals surface area contributed by atoms with Gasteiger partial charge >= 0.3 is 0 Å². The molecule has 2 N–H and O–H groups in total. The number of oxazole rings is 1. The Bertz CT molecular complexity index is 532. The van der Waals surface area contributed by atoms with Crippen LogP contribution in [0, 0.1) is 5.92 Å². The Labute approximate surface area is 125 Å². The SMILES string of the molecule is CC(C)CCc1nc2c(o1)CCN(C(=O)C1(N)CCC1)C2. The molecule has 1 aromatic heterocycles. The fraction of sp³-hybridized carbons (Fsp3) is 0.750. The Morgan fingerprint density at radius 3 is 2.86 bits per heavy atom. The lowest BCUT2D eigenvalue weighted by molar-refractivity contribution is -0.141. The highest BCUT2D eigenvalue weighted by molar-refractivity contribution is 5.87. The fourth-order valence-corrected chi connectivity index (χ4v) is 3.03. The number of rotatable bonds is 4. The van der Waals surface area contributed by atoms with Crippen LogP contribution in [0.3, 0.4) is 0 Å². The third-order valence-corrected chi connectivity index (χ3v) is 4.67. The summed E-state index contributed by atoms with van der Waals surface area (Å²) in [6.45, 7) is 5.65. The minimum Gasteiger partial charge on any atom is -0.445 e. The topological polar surface area (TPSA) is 72.4 Å². The average molecular weight is 291 g/mol. The summed E-state index contributed by atoms with van der Waals surface area (Å²) in [5.74, 6) is 2.50. The Morgan fingerprint density at radius 1 is 1.48 bits per heavy atom. The quantitative estimate of drug-likeness (QED) is 0.921. The normalized spacial score (nSPS) is 20.3. The van der Waals surface area contributed by atoms with Gasteiger partial charge in [-0.1, -0.05) is 13.8 Å². The first-order chi connectivity index (χ1) is 9.98. The smallest absolute Gasteiger partial charge is 0.243 e. The van der Waals surface area contributed by atoms with Crippen molar-refractivity contribution in [3.05, 3.63) is 17.3 Å². The van der Waals surface area contributed by atoms with Gasteiger partial charge in [0.2, 0.25) is 5.91 Å². The first-order valence-corrected chi connectivity index (χ1v) is 8.04. The van der Waals surface area contributed by atoms with Crippen molar-refractivity contribution in [2.45, 2.75) is 64.5 Å². The summed E-state index contributed by atoms with van der Waals surface area (Å²) in [6, 6.07) is 0. The molecular weight excluding hydrogens is 266 g/mol. The van der Waals surface area contributed by atoms with Crippen molar-refractivity contribution in [2.75, 3.05) is 6.54 Å². The second kappa shape index (κ2) is 5.44. The number of aromatic nitrogens is 1. The zero-order valence-corrected chi connectivity index (χ0v) is 13.0. The highest BCUT2D eigenvalue weighted by atomic mass is 16.4. The molecule has 5 heteroatoms. The van der Waals surface area contributed by atoms with Gasteiger partial charge < -0.3 is 15.1 Å². The number of fused-ring (bicyclic) bond motifs is 1. The average Bonchev–Trinajstić information content (AvgIpc) is 2.83. The summed E-state index contributed by atoms with van der Waals surface area (Å²) in [6.07, 6.45) is 5.39. The molecule has 21 heavy (non-hydrogen) atoms. The van der Waals surface area contributed by atoms with Crippen LogP contribution in [0.25, 0.3) is 0 Å². The van der Waals surface area contributed by atoms with Crippen LogP contribution in [0.15, 0.2) is 4.42 Å². The molecule has 1 fully saturated rings. The van der Waals surface area contributed by atoms with E-state index in [-0.39, 0.29) is 5.91 Å². The fourth-order valence-electron chi connectivity index (χ4n) is 3.03. The molecule has 5 nitrogen and oxygen atoms in total. The lowest BCUT2D eigenvalue weighted by Crippen LogP contribution is -2.60. The minimum atomic E-state index is -0.609. The molecule has 0 aromatic carbocycles. The van der Waals surface area contributed by atoms with Crippen molar-refractivity contribution >= 4 is 5.91 Å². The first-order valence-electron chi connectivity index (χ1n) is 8.04. The molecule has 0 atom stereocenters. The van der Waals surface area contributed by atoms with E-state index < -0.39 is 5.54 Å². The van der Waals surface area contributed by atoms with Crippen LogP contribution in [0.5, 0.6) is 0 Å². The third-order valence-electron chi connectivity index (χ3n) is 4.67. The maximum absolute atomic E-state index is 12.5. The van der Waals surface area contributed by atoms with E-state index in [1.165, 1.54) is 0 Å². The maximum atomic E-state index is 12.5. The summed E-state index contributed by atoms with van der Waals surface area (Å²) >= 11 is 0. The summed E-state index contributed by atoms with van der Waals surface area (Å²) in [7, 11) is 0. The highest BCUT2D eigenvalue weighted by Gasteiger charge is 2.43. The molecule has 1 aromatic rings. The van der Waals surface area contributed by atoms with Gasteiger partial charge in [0.05, 0.1) is 12.1 Å². The van der Waals surface area contributed by atoms with Crippen LogP contribution in [0.1, 0.15) is 56.9 Å². The van der Waals surface area contributed by atoms with Crippen LogP contribution in [0.2, 0.25) is 0 Å². The van der Waals surface area contributed by atoms with Gasteiger partial charge in [0, 0.05) is 19.4 Å². The standard InChI is InChI=1S/C16H25N3O2/c1-11(2)4-5-14-18-12-10-19(9-6-13(12)21-14)15(20)16(17)7-3-8-16/h11H,3-10,17H2,1-2H3. The monoisotopic (exact) mass is 291 g/mol. The van der Waals surface area contributed by atoms with E-state index in [9.17, 15) is 4.79 Å². The van der Waals surface area contributed by atoms with Crippen LogP contribution in [-0.2, 0) is 24.2 Å². The second-order valence-corrected chi connectivity index (χ2v) is 6.90. The molecule has 0 spiro atoms. The van der Waals surface area contributed by atoms with E-state index >= 15 is 0 Å². The molecule has 2 heterocycles. The van der Waals surface area contributed by atoms with Gasteiger partial charge in [-0.15, -0.1) is 0 Å². The predicted molar refractivity (Wildman–Crippen MR) is 79.6 cm³/mol. The van der Waals surface area contributed by atoms with Gasteiger partial charge in [0.25, 0.3) is 0 Å². The number of carbonyl (C=O) groups excluding carboxylic acids is 1. The van der Waals surface area contributed by atoms with Crippen molar-refractivity contribution in [1.29, 1.82) is 0 Å². The zero-order valence-electron chi connectivity index (χ0n) is 13.0. The summed E-state index contributed by atoms with van der Waals surface area (Å²) in [5.41, 5.74) is 6.47. The Hall–Kier alpha value is -1.36. The molecule has 1 aliphatic carbocycles. The van der Waals surface area contributed by atoms with Gasteiger partial charge in [-0.3, -0.25) is 4.79 Å². The van der Waals surface area contributed by atoms with E-state index in [1.54, 1.807) is 0 Å². The first kappa shape index (κ1) is 14.6. The van der Waals surface area contributed by atoms with Crippen molar-refractivity contribution in [1.82, 2.24) is 9.88 Å². The molecule has 2 aliphatic rings. The lowest BCUT2D eigenvalue weighted by Gasteiger charge is -2.41. The van der Waals surface area contributed by atoms with Crippen LogP contribution >= 0.6 is 0 Å². The maximum Gasteiger partial charge on any atom is 0.243 e. The molecule has 0 radical (unpaired) electrons. The third kappa shape index (κ3) is 2.84. The molecule has 1 amide bonds. The van der Waals surface area contributed by atoms with E-state index in [1.807, 2.05) is 4.90 Å². The zero-order chi connectivity index (χ0) is 15.0. The van der Waals surface area contributed by atoms with Crippen LogP contribution in [-0.4, -0.2) is 27.9 Å². The number of nitrogens with two attached hydrogens (primary N) is 1. The number of aryl methyl sites for hydroxylation is 1. The van der Waals surface area contributed by atoms with Gasteiger partial charge in [-0.05, 0) is 31.6 Å². The van der Waals surface area contributed by atoms with E-state index in [0.717, 1.165) is 55.9 Å². The summed E-state index contributed by atoms with van der Waals surface area (Å²) < 4.78 is 5.83. The highest BCUT2D eigenvalue weighted by Crippen LogP contribution is 2.32. The van der Waals surface area contributed by atoms with Gasteiger partial charge in [0.1, 0.15) is 11.5 Å². The van der Waals surface area contributed by atoms with E-state index in [2.05, 4.69) is 18.8 Å². The van der Waals surface area contributed by atoms with Gasteiger partial charge in [0.15, 0.2) is 5.89 Å². The minimum absolute atomic E-state index is 0.0890. The van der Waals surface area contributed by atoms with Gasteiger partial charge in [-0.2, -0.15) is 0 Å². The molecular formula is C16H25N3O2. The number of hydrogen-bond donors (Lipinski definition) is 1. The summed E-state index contributed by atoms with van der Waals surface area (Å²) in [5, 5.41) is 0. The summed E-state index contributed by atoms with van der Waals surface area (Å²) in [4.78, 5) is 18.9. The van der Waals surface area contributed by atoms with Crippen LogP contribution < -0.4 is 5.73 Å². The Kier molecular flexibility index (Phi) is 3.78.